The van der Waals surface area contributed by atoms with Crippen molar-refractivity contribution in [3.63, 3.8) is 0 Å². The Labute approximate surface area is 116 Å². The lowest BCUT2D eigenvalue weighted by molar-refractivity contribution is -0.132. The standard InChI is InChI=1S/C13H24N2O3S/c1-3-9-19(17,18)15-8-7-12-11(10-15)5-4-6-13(16)14(12)2/h11-12H,3-10H2,1-2H3/t11-,12+/m0/s1. The Morgan fingerprint density at radius 2 is 2.05 bits per heavy atom. The largest absolute Gasteiger partial charge is 0.342 e. The van der Waals surface area contributed by atoms with Crippen molar-refractivity contribution in [2.75, 3.05) is 25.9 Å². The number of rotatable bonds is 3. The monoisotopic (exact) mass is 288 g/mol. The van der Waals surface area contributed by atoms with Gasteiger partial charge in [0.15, 0.2) is 0 Å². The first-order valence-corrected chi connectivity index (χ1v) is 8.80. The third-order valence-corrected chi connectivity index (χ3v) is 6.41. The molecule has 0 saturated carbocycles. The lowest BCUT2D eigenvalue weighted by Gasteiger charge is -2.40. The van der Waals surface area contributed by atoms with E-state index in [1.54, 1.807) is 4.31 Å². The summed E-state index contributed by atoms with van der Waals surface area (Å²) in [4.78, 5) is 13.7. The predicted molar refractivity (Wildman–Crippen MR) is 74.2 cm³/mol. The second kappa shape index (κ2) is 5.79. The molecule has 2 saturated heterocycles. The first-order chi connectivity index (χ1) is 8.95. The van der Waals surface area contributed by atoms with Crippen molar-refractivity contribution in [3.05, 3.63) is 0 Å². The summed E-state index contributed by atoms with van der Waals surface area (Å²) in [5.41, 5.74) is 0. The van der Waals surface area contributed by atoms with Crippen LogP contribution in [0.25, 0.3) is 0 Å². The molecular weight excluding hydrogens is 264 g/mol. The molecule has 0 radical (unpaired) electrons. The molecule has 2 aliphatic heterocycles. The van der Waals surface area contributed by atoms with E-state index in [4.69, 9.17) is 0 Å². The van der Waals surface area contributed by atoms with Gasteiger partial charge in [-0.05, 0) is 31.6 Å². The molecule has 2 atom stereocenters. The maximum Gasteiger partial charge on any atom is 0.222 e. The molecule has 0 aromatic carbocycles. The second-order valence-electron chi connectivity index (χ2n) is 5.69. The minimum Gasteiger partial charge on any atom is -0.342 e. The van der Waals surface area contributed by atoms with Gasteiger partial charge in [0.25, 0.3) is 0 Å². The van der Waals surface area contributed by atoms with E-state index in [9.17, 15) is 13.2 Å². The molecule has 0 aromatic heterocycles. The van der Waals surface area contributed by atoms with Gasteiger partial charge in [0.05, 0.1) is 5.75 Å². The first kappa shape index (κ1) is 14.8. The van der Waals surface area contributed by atoms with Gasteiger partial charge in [0.1, 0.15) is 0 Å². The van der Waals surface area contributed by atoms with Crippen LogP contribution in [0.5, 0.6) is 0 Å². The normalized spacial score (nSPS) is 30.0. The van der Waals surface area contributed by atoms with Gasteiger partial charge < -0.3 is 4.90 Å². The zero-order valence-electron chi connectivity index (χ0n) is 11.8. The number of hydrogen-bond donors (Lipinski definition) is 0. The van der Waals surface area contributed by atoms with Crippen LogP contribution in [0.2, 0.25) is 0 Å². The van der Waals surface area contributed by atoms with E-state index >= 15 is 0 Å². The quantitative estimate of drug-likeness (QED) is 0.780. The highest BCUT2D eigenvalue weighted by Gasteiger charge is 2.38. The summed E-state index contributed by atoms with van der Waals surface area (Å²) >= 11 is 0. The van der Waals surface area contributed by atoms with E-state index in [1.165, 1.54) is 0 Å². The molecule has 2 aliphatic rings. The highest BCUT2D eigenvalue weighted by Crippen LogP contribution is 2.30. The summed E-state index contributed by atoms with van der Waals surface area (Å²) in [6, 6.07) is 0.225. The number of hydrogen-bond acceptors (Lipinski definition) is 3. The van der Waals surface area contributed by atoms with Crippen LogP contribution in [-0.2, 0) is 14.8 Å². The number of carbonyl (C=O) groups is 1. The van der Waals surface area contributed by atoms with Crippen molar-refractivity contribution in [1.82, 2.24) is 9.21 Å². The van der Waals surface area contributed by atoms with Gasteiger partial charge in [0.2, 0.25) is 15.9 Å². The van der Waals surface area contributed by atoms with Gasteiger partial charge in [-0.2, -0.15) is 0 Å². The van der Waals surface area contributed by atoms with Crippen LogP contribution in [0.4, 0.5) is 0 Å². The van der Waals surface area contributed by atoms with Crippen molar-refractivity contribution in [3.8, 4) is 0 Å². The van der Waals surface area contributed by atoms with Gasteiger partial charge in [-0.15, -0.1) is 0 Å². The molecule has 2 heterocycles. The van der Waals surface area contributed by atoms with Crippen LogP contribution < -0.4 is 0 Å². The number of likely N-dealkylation sites (tertiary alicyclic amines) is 1. The smallest absolute Gasteiger partial charge is 0.222 e. The zero-order valence-corrected chi connectivity index (χ0v) is 12.7. The SMILES string of the molecule is CCCS(=O)(=O)N1CC[C@@H]2[C@@H](CCCC(=O)N2C)C1. The molecule has 0 aliphatic carbocycles. The summed E-state index contributed by atoms with van der Waals surface area (Å²) in [5, 5.41) is 0. The third-order valence-electron chi connectivity index (χ3n) is 4.37. The molecule has 2 rings (SSSR count). The van der Waals surface area contributed by atoms with Crippen LogP contribution in [0.1, 0.15) is 39.0 Å². The Kier molecular flexibility index (Phi) is 4.50. The highest BCUT2D eigenvalue weighted by atomic mass is 32.2. The van der Waals surface area contributed by atoms with E-state index in [1.807, 2.05) is 18.9 Å². The lowest BCUT2D eigenvalue weighted by Crippen LogP contribution is -2.52. The van der Waals surface area contributed by atoms with Crippen LogP contribution in [0, 0.1) is 5.92 Å². The van der Waals surface area contributed by atoms with E-state index in [-0.39, 0.29) is 17.7 Å². The van der Waals surface area contributed by atoms with Crippen LogP contribution >= 0.6 is 0 Å². The van der Waals surface area contributed by atoms with Gasteiger partial charge >= 0.3 is 0 Å². The number of amides is 1. The summed E-state index contributed by atoms with van der Waals surface area (Å²) in [6.07, 6.45) is 3.87. The summed E-state index contributed by atoms with van der Waals surface area (Å²) in [5.74, 6) is 0.744. The third kappa shape index (κ3) is 3.11. The molecule has 0 bridgehead atoms. The fraction of sp³-hybridized carbons (Fsp3) is 0.923. The Bertz CT molecular complexity index is 435. The number of carbonyl (C=O) groups excluding carboxylic acids is 1. The van der Waals surface area contributed by atoms with Crippen molar-refractivity contribution in [1.29, 1.82) is 0 Å². The van der Waals surface area contributed by atoms with Gasteiger partial charge in [-0.3, -0.25) is 4.79 Å². The molecule has 19 heavy (non-hydrogen) atoms. The lowest BCUT2D eigenvalue weighted by atomic mass is 9.90. The fourth-order valence-corrected chi connectivity index (χ4v) is 4.87. The van der Waals surface area contributed by atoms with Crippen LogP contribution in [0.15, 0.2) is 0 Å². The first-order valence-electron chi connectivity index (χ1n) is 7.19. The van der Waals surface area contributed by atoms with Crippen molar-refractivity contribution >= 4 is 15.9 Å². The Balaban J connectivity index is 2.09. The molecule has 6 heteroatoms. The number of piperidine rings is 1. The molecule has 0 spiro atoms. The summed E-state index contributed by atoms with van der Waals surface area (Å²) in [6.45, 7) is 3.04. The van der Waals surface area contributed by atoms with E-state index in [2.05, 4.69) is 0 Å². The van der Waals surface area contributed by atoms with E-state index in [0.29, 0.717) is 31.8 Å². The Morgan fingerprint density at radius 3 is 2.74 bits per heavy atom. The summed E-state index contributed by atoms with van der Waals surface area (Å²) < 4.78 is 25.9. The van der Waals surface area contributed by atoms with Gasteiger partial charge in [-0.25, -0.2) is 12.7 Å². The Morgan fingerprint density at radius 1 is 1.32 bits per heavy atom. The maximum absolute atomic E-state index is 12.1. The maximum atomic E-state index is 12.1. The van der Waals surface area contributed by atoms with E-state index in [0.717, 1.165) is 19.3 Å². The van der Waals surface area contributed by atoms with Gasteiger partial charge in [-0.1, -0.05) is 6.92 Å². The van der Waals surface area contributed by atoms with Gasteiger partial charge in [0, 0.05) is 32.6 Å². The molecule has 5 nitrogen and oxygen atoms in total. The van der Waals surface area contributed by atoms with E-state index < -0.39 is 10.0 Å². The molecular formula is C13H24N2O3S. The van der Waals surface area contributed by atoms with Crippen LogP contribution in [0.3, 0.4) is 0 Å². The minimum absolute atomic E-state index is 0.206. The minimum atomic E-state index is -3.10. The second-order valence-corrected chi connectivity index (χ2v) is 7.78. The number of sulfonamides is 1. The highest BCUT2D eigenvalue weighted by molar-refractivity contribution is 7.89. The number of nitrogens with zero attached hydrogens (tertiary/aromatic N) is 2. The predicted octanol–water partition coefficient (Wildman–Crippen LogP) is 1.06. The van der Waals surface area contributed by atoms with Crippen molar-refractivity contribution in [2.24, 2.45) is 5.92 Å². The molecule has 0 unspecified atom stereocenters. The molecule has 110 valence electrons. The molecule has 2 fully saturated rings. The van der Waals surface area contributed by atoms with Crippen LogP contribution in [-0.4, -0.2) is 55.5 Å². The topological polar surface area (TPSA) is 57.7 Å². The molecule has 0 aromatic rings. The summed E-state index contributed by atoms with van der Waals surface area (Å²) in [7, 11) is -1.23. The fourth-order valence-electron chi connectivity index (χ4n) is 3.30. The number of fused-ring (bicyclic) bond motifs is 1. The zero-order chi connectivity index (χ0) is 14.0. The average Bonchev–Trinajstić information content (AvgIpc) is 2.50. The van der Waals surface area contributed by atoms with Crippen molar-refractivity contribution in [2.45, 2.75) is 45.1 Å². The van der Waals surface area contributed by atoms with Crippen molar-refractivity contribution < 1.29 is 13.2 Å². The average molecular weight is 288 g/mol. The Hall–Kier alpha value is -0.620. The molecule has 1 amide bonds. The molecule has 0 N–H and O–H groups in total.